The number of hydrogen-bond donors (Lipinski definition) is 1. The number of nitrogens with one attached hydrogen (secondary N) is 1. The summed E-state index contributed by atoms with van der Waals surface area (Å²) >= 11 is 5.84. The van der Waals surface area contributed by atoms with Gasteiger partial charge in [0.25, 0.3) is 0 Å². The van der Waals surface area contributed by atoms with Crippen molar-refractivity contribution in [2.24, 2.45) is 0 Å². The minimum absolute atomic E-state index is 0.148. The van der Waals surface area contributed by atoms with Crippen LogP contribution in [0.5, 0.6) is 5.75 Å². The highest BCUT2D eigenvalue weighted by Gasteiger charge is 2.25. The van der Waals surface area contributed by atoms with E-state index in [2.05, 4.69) is 10.3 Å². The molecule has 0 saturated heterocycles. The van der Waals surface area contributed by atoms with Crippen LogP contribution in [0, 0.1) is 0 Å². The van der Waals surface area contributed by atoms with Crippen LogP contribution in [0.1, 0.15) is 46.5 Å². The fourth-order valence-electron chi connectivity index (χ4n) is 2.45. The Balaban J connectivity index is 1.75. The van der Waals surface area contributed by atoms with Gasteiger partial charge in [0.15, 0.2) is 0 Å². The highest BCUT2D eigenvalue weighted by molar-refractivity contribution is 6.29. The van der Waals surface area contributed by atoms with Gasteiger partial charge in [-0.15, -0.1) is 0 Å². The molecule has 0 spiro atoms. The van der Waals surface area contributed by atoms with E-state index in [4.69, 9.17) is 21.1 Å². The molecular weight excluding hydrogens is 304 g/mol. The van der Waals surface area contributed by atoms with Gasteiger partial charge in [-0.05, 0) is 52.5 Å². The largest absolute Gasteiger partial charge is 0.490 e. The Morgan fingerprint density at radius 2 is 2.00 bits per heavy atom. The first-order valence-corrected chi connectivity index (χ1v) is 7.97. The van der Waals surface area contributed by atoms with Crippen LogP contribution in [-0.2, 0) is 4.74 Å². The molecule has 0 radical (unpaired) electrons. The first kappa shape index (κ1) is 16.9. The van der Waals surface area contributed by atoms with E-state index < -0.39 is 5.60 Å². The van der Waals surface area contributed by atoms with E-state index in [9.17, 15) is 4.79 Å². The summed E-state index contributed by atoms with van der Waals surface area (Å²) in [5.74, 6) is 0.739. The van der Waals surface area contributed by atoms with Crippen LogP contribution in [-0.4, -0.2) is 28.8 Å². The molecule has 122 valence electrons. The molecule has 1 fully saturated rings. The molecule has 5 nitrogen and oxygen atoms in total. The molecule has 1 amide bonds. The van der Waals surface area contributed by atoms with Gasteiger partial charge in [-0.2, -0.15) is 0 Å². The quantitative estimate of drug-likeness (QED) is 0.854. The summed E-state index contributed by atoms with van der Waals surface area (Å²) in [5, 5.41) is 3.35. The zero-order valence-electron chi connectivity index (χ0n) is 13.3. The van der Waals surface area contributed by atoms with Crippen LogP contribution >= 0.6 is 11.6 Å². The average molecular weight is 327 g/mol. The van der Waals surface area contributed by atoms with Gasteiger partial charge in [0.2, 0.25) is 0 Å². The van der Waals surface area contributed by atoms with Crippen LogP contribution in [0.3, 0.4) is 0 Å². The van der Waals surface area contributed by atoms with Crippen LogP contribution in [0.15, 0.2) is 18.3 Å². The lowest BCUT2D eigenvalue weighted by Crippen LogP contribution is -2.42. The topological polar surface area (TPSA) is 60.5 Å². The summed E-state index contributed by atoms with van der Waals surface area (Å²) < 4.78 is 11.2. The molecule has 0 aromatic carbocycles. The molecule has 1 aromatic heterocycles. The number of nitrogens with zero attached hydrogens (tertiary/aromatic N) is 1. The van der Waals surface area contributed by atoms with Gasteiger partial charge >= 0.3 is 6.09 Å². The van der Waals surface area contributed by atoms with Crippen LogP contribution in [0.2, 0.25) is 5.15 Å². The van der Waals surface area contributed by atoms with Crippen molar-refractivity contribution in [1.29, 1.82) is 0 Å². The summed E-state index contributed by atoms with van der Waals surface area (Å²) in [6.45, 7) is 5.57. The Morgan fingerprint density at radius 1 is 1.32 bits per heavy atom. The summed E-state index contributed by atoms with van der Waals surface area (Å²) in [6.07, 6.45) is 4.97. The maximum absolute atomic E-state index is 11.8. The van der Waals surface area contributed by atoms with Crippen molar-refractivity contribution in [3.8, 4) is 5.75 Å². The Bertz CT molecular complexity index is 508. The van der Waals surface area contributed by atoms with Crippen molar-refractivity contribution in [1.82, 2.24) is 10.3 Å². The third-order valence-electron chi connectivity index (χ3n) is 3.40. The number of ether oxygens (including phenoxy) is 2. The fourth-order valence-corrected chi connectivity index (χ4v) is 2.61. The standard InChI is InChI=1S/C16H23ClN2O3/c1-16(2,3)22-15(20)19-11-4-6-12(7-5-11)21-13-8-9-18-14(17)10-13/h8-12H,4-7H2,1-3H3,(H,19,20). The minimum atomic E-state index is -0.467. The van der Waals surface area contributed by atoms with Gasteiger partial charge in [0, 0.05) is 18.3 Å². The zero-order chi connectivity index (χ0) is 16.2. The number of pyridine rings is 1. The number of aromatic nitrogens is 1. The van der Waals surface area contributed by atoms with E-state index in [1.54, 1.807) is 18.3 Å². The number of alkyl carbamates (subject to hydrolysis) is 1. The molecule has 1 aromatic rings. The van der Waals surface area contributed by atoms with Crippen LogP contribution in [0.25, 0.3) is 0 Å². The molecule has 1 N–H and O–H groups in total. The van der Waals surface area contributed by atoms with Gasteiger partial charge in [0.05, 0.1) is 6.10 Å². The Kier molecular flexibility index (Phi) is 5.51. The van der Waals surface area contributed by atoms with E-state index in [-0.39, 0.29) is 18.2 Å². The smallest absolute Gasteiger partial charge is 0.407 e. The molecule has 0 unspecified atom stereocenters. The van der Waals surface area contributed by atoms with Crippen molar-refractivity contribution in [2.45, 2.75) is 64.2 Å². The summed E-state index contributed by atoms with van der Waals surface area (Å²) in [7, 11) is 0. The summed E-state index contributed by atoms with van der Waals surface area (Å²) in [6, 6.07) is 3.67. The summed E-state index contributed by atoms with van der Waals surface area (Å²) in [5.41, 5.74) is -0.467. The highest BCUT2D eigenvalue weighted by atomic mass is 35.5. The molecule has 6 heteroatoms. The number of rotatable bonds is 3. The third kappa shape index (κ3) is 5.72. The van der Waals surface area contributed by atoms with E-state index >= 15 is 0 Å². The predicted octanol–water partition coefficient (Wildman–Crippen LogP) is 3.95. The molecule has 1 heterocycles. The second kappa shape index (κ2) is 7.18. The normalized spacial score (nSPS) is 22.0. The minimum Gasteiger partial charge on any atom is -0.490 e. The molecule has 0 aliphatic heterocycles. The molecule has 0 atom stereocenters. The highest BCUT2D eigenvalue weighted by Crippen LogP contribution is 2.25. The Hall–Kier alpha value is -1.49. The zero-order valence-corrected chi connectivity index (χ0v) is 14.0. The second-order valence-corrected chi connectivity index (χ2v) is 6.94. The lowest BCUT2D eigenvalue weighted by molar-refractivity contribution is 0.0471. The molecule has 1 aliphatic rings. The van der Waals surface area contributed by atoms with Gasteiger partial charge in [-0.3, -0.25) is 0 Å². The van der Waals surface area contributed by atoms with Crippen LogP contribution in [0.4, 0.5) is 4.79 Å². The first-order valence-electron chi connectivity index (χ1n) is 7.59. The van der Waals surface area contributed by atoms with Gasteiger partial charge in [0.1, 0.15) is 16.5 Å². The van der Waals surface area contributed by atoms with Gasteiger partial charge < -0.3 is 14.8 Å². The number of carbonyl (C=O) groups excluding carboxylic acids is 1. The maximum Gasteiger partial charge on any atom is 0.407 e. The lowest BCUT2D eigenvalue weighted by Gasteiger charge is -2.30. The Morgan fingerprint density at radius 3 is 2.59 bits per heavy atom. The Labute approximate surface area is 136 Å². The number of carbonyl (C=O) groups is 1. The van der Waals surface area contributed by atoms with E-state index in [0.29, 0.717) is 5.15 Å². The molecule has 0 bridgehead atoms. The molecule has 22 heavy (non-hydrogen) atoms. The van der Waals surface area contributed by atoms with Crippen molar-refractivity contribution in [2.75, 3.05) is 0 Å². The number of halogens is 1. The number of hydrogen-bond acceptors (Lipinski definition) is 4. The maximum atomic E-state index is 11.8. The molecular formula is C16H23ClN2O3. The van der Waals surface area contributed by atoms with E-state index in [1.165, 1.54) is 0 Å². The van der Waals surface area contributed by atoms with Crippen LogP contribution < -0.4 is 10.1 Å². The lowest BCUT2D eigenvalue weighted by atomic mass is 9.93. The molecule has 1 saturated carbocycles. The number of amides is 1. The monoisotopic (exact) mass is 326 g/mol. The molecule has 1 aliphatic carbocycles. The second-order valence-electron chi connectivity index (χ2n) is 6.55. The molecule has 2 rings (SSSR count). The van der Waals surface area contributed by atoms with Crippen molar-refractivity contribution >= 4 is 17.7 Å². The first-order chi connectivity index (χ1) is 10.3. The fraction of sp³-hybridized carbons (Fsp3) is 0.625. The average Bonchev–Trinajstić information content (AvgIpc) is 2.39. The van der Waals surface area contributed by atoms with Gasteiger partial charge in [-0.1, -0.05) is 11.6 Å². The van der Waals surface area contributed by atoms with E-state index in [0.717, 1.165) is 31.4 Å². The SMILES string of the molecule is CC(C)(C)OC(=O)NC1CCC(Oc2ccnc(Cl)c2)CC1. The predicted molar refractivity (Wildman–Crippen MR) is 85.3 cm³/mol. The third-order valence-corrected chi connectivity index (χ3v) is 3.60. The van der Waals surface area contributed by atoms with Gasteiger partial charge in [-0.25, -0.2) is 9.78 Å². The van der Waals surface area contributed by atoms with Crippen molar-refractivity contribution in [3.05, 3.63) is 23.5 Å². The van der Waals surface area contributed by atoms with Crippen molar-refractivity contribution < 1.29 is 14.3 Å². The van der Waals surface area contributed by atoms with E-state index in [1.807, 2.05) is 20.8 Å². The van der Waals surface area contributed by atoms with Crippen molar-refractivity contribution in [3.63, 3.8) is 0 Å². The summed E-state index contributed by atoms with van der Waals surface area (Å²) in [4.78, 5) is 15.7.